The van der Waals surface area contributed by atoms with Gasteiger partial charge in [0.25, 0.3) is 5.56 Å². The number of carbonyl (C=O) groups excluding carboxylic acids is 1. The minimum absolute atomic E-state index is 0.0898. The van der Waals surface area contributed by atoms with Crippen molar-refractivity contribution in [3.05, 3.63) is 67.4 Å². The summed E-state index contributed by atoms with van der Waals surface area (Å²) in [5, 5.41) is 13.9. The van der Waals surface area contributed by atoms with Gasteiger partial charge in [0.1, 0.15) is 19.4 Å². The van der Waals surface area contributed by atoms with Crippen molar-refractivity contribution in [1.29, 1.82) is 0 Å². The fraction of sp³-hybridized carbons (Fsp3) is 0.429. The average molecular weight is 699 g/mol. The standard InChI is InChI=1S/C26H26Cl2N8O4.C2HF3O2/c27-15-1-4-18(17(28)9-15)31-20(37)12-35-24(38)22-23(36(26(35)39)16-2-3-16)32-25(34(22)13-21-30-6-8-40-21)33-7-5-14-10-29-11-19(14)33;3-2(4,5)1(6)7/h1,4,6,8-9,14,16,19,29H,2-3,5,7,10-13H2,(H,31,37);(H,6,7). The maximum Gasteiger partial charge on any atom is 0.490 e. The highest BCUT2D eigenvalue weighted by Gasteiger charge is 2.41. The van der Waals surface area contributed by atoms with E-state index in [1.807, 2.05) is 0 Å². The minimum Gasteiger partial charge on any atom is -0.475 e. The number of benzene rings is 1. The van der Waals surface area contributed by atoms with E-state index in [-0.39, 0.29) is 29.2 Å². The number of aromatic nitrogens is 5. The molecule has 2 atom stereocenters. The fourth-order valence-corrected chi connectivity index (χ4v) is 6.36. The van der Waals surface area contributed by atoms with Crippen molar-refractivity contribution in [1.82, 2.24) is 29.0 Å². The second-order valence-corrected chi connectivity index (χ2v) is 12.2. The van der Waals surface area contributed by atoms with Gasteiger partial charge in [0, 0.05) is 36.7 Å². The smallest absolute Gasteiger partial charge is 0.475 e. The van der Waals surface area contributed by atoms with Gasteiger partial charge in [-0.1, -0.05) is 23.2 Å². The molecule has 1 amide bonds. The van der Waals surface area contributed by atoms with Crippen molar-refractivity contribution in [2.24, 2.45) is 5.92 Å². The van der Waals surface area contributed by atoms with Crippen LogP contribution in [0, 0.1) is 5.92 Å². The molecule has 3 aromatic heterocycles. The normalized spacial score (nSPS) is 19.0. The van der Waals surface area contributed by atoms with Crippen LogP contribution in [0.5, 0.6) is 0 Å². The van der Waals surface area contributed by atoms with Crippen LogP contribution in [0.25, 0.3) is 11.2 Å². The number of amides is 1. The van der Waals surface area contributed by atoms with E-state index in [9.17, 15) is 27.6 Å². The Bertz CT molecular complexity index is 1950. The number of anilines is 2. The zero-order valence-corrected chi connectivity index (χ0v) is 25.8. The molecule has 2 aliphatic heterocycles. The lowest BCUT2D eigenvalue weighted by Crippen LogP contribution is -2.43. The second kappa shape index (κ2) is 12.7. The molecule has 5 heterocycles. The number of hydrogen-bond acceptors (Lipinski definition) is 9. The predicted molar refractivity (Wildman–Crippen MR) is 163 cm³/mol. The van der Waals surface area contributed by atoms with E-state index in [0.717, 1.165) is 43.5 Å². The molecule has 19 heteroatoms. The van der Waals surface area contributed by atoms with Crippen molar-refractivity contribution in [3.63, 3.8) is 0 Å². The molecule has 7 rings (SSSR count). The molecule has 0 spiro atoms. The molecule has 14 nitrogen and oxygen atoms in total. The molecule has 3 N–H and O–H groups in total. The molecule has 3 fully saturated rings. The van der Waals surface area contributed by atoms with Crippen molar-refractivity contribution in [2.75, 3.05) is 29.9 Å². The molecular formula is C28H27Cl2F3N8O6. The first-order valence-electron chi connectivity index (χ1n) is 14.5. The van der Waals surface area contributed by atoms with Gasteiger partial charge in [0.2, 0.25) is 17.7 Å². The molecule has 4 aromatic rings. The molecule has 2 saturated heterocycles. The summed E-state index contributed by atoms with van der Waals surface area (Å²) in [6.45, 7) is 2.22. The van der Waals surface area contributed by atoms with E-state index in [2.05, 4.69) is 20.5 Å². The zero-order valence-electron chi connectivity index (χ0n) is 24.3. The summed E-state index contributed by atoms with van der Waals surface area (Å²) in [6, 6.07) is 4.80. The highest BCUT2D eigenvalue weighted by Crippen LogP contribution is 2.37. The van der Waals surface area contributed by atoms with Gasteiger partial charge in [0.15, 0.2) is 11.2 Å². The highest BCUT2D eigenvalue weighted by atomic mass is 35.5. The van der Waals surface area contributed by atoms with Crippen LogP contribution in [0.15, 0.2) is 44.7 Å². The first kappa shape index (κ1) is 32.6. The molecule has 1 aromatic carbocycles. The lowest BCUT2D eigenvalue weighted by molar-refractivity contribution is -0.192. The quantitative estimate of drug-likeness (QED) is 0.261. The lowest BCUT2D eigenvalue weighted by atomic mass is 10.1. The van der Waals surface area contributed by atoms with Gasteiger partial charge in [-0.15, -0.1) is 0 Å². The number of oxazole rings is 1. The van der Waals surface area contributed by atoms with Crippen LogP contribution >= 0.6 is 23.2 Å². The van der Waals surface area contributed by atoms with E-state index in [1.165, 1.54) is 12.3 Å². The van der Waals surface area contributed by atoms with Crippen LogP contribution in [-0.4, -0.2) is 72.5 Å². The third kappa shape index (κ3) is 6.59. The van der Waals surface area contributed by atoms with Gasteiger partial charge in [-0.05, 0) is 43.4 Å². The summed E-state index contributed by atoms with van der Waals surface area (Å²) in [5.74, 6) is -1.83. The van der Waals surface area contributed by atoms with E-state index >= 15 is 0 Å². The number of halogens is 5. The van der Waals surface area contributed by atoms with Gasteiger partial charge in [-0.25, -0.2) is 19.1 Å². The van der Waals surface area contributed by atoms with Crippen molar-refractivity contribution in [2.45, 2.75) is 50.6 Å². The number of aliphatic carboxylic acids is 1. The Morgan fingerprint density at radius 3 is 2.51 bits per heavy atom. The van der Waals surface area contributed by atoms with Crippen LogP contribution in [0.2, 0.25) is 10.0 Å². The van der Waals surface area contributed by atoms with Crippen LogP contribution < -0.4 is 26.8 Å². The molecule has 3 aliphatic rings. The molecule has 250 valence electrons. The number of nitrogens with one attached hydrogen (secondary N) is 2. The summed E-state index contributed by atoms with van der Waals surface area (Å²) in [7, 11) is 0. The van der Waals surface area contributed by atoms with Crippen molar-refractivity contribution in [3.8, 4) is 0 Å². The van der Waals surface area contributed by atoms with Crippen molar-refractivity contribution < 1.29 is 32.3 Å². The monoisotopic (exact) mass is 698 g/mol. The molecule has 47 heavy (non-hydrogen) atoms. The topological polar surface area (TPSA) is 170 Å². The van der Waals surface area contributed by atoms with Gasteiger partial charge >= 0.3 is 17.8 Å². The van der Waals surface area contributed by atoms with E-state index in [1.54, 1.807) is 27.5 Å². The maximum absolute atomic E-state index is 14.0. The number of alkyl halides is 3. The van der Waals surface area contributed by atoms with Crippen LogP contribution in [-0.2, 0) is 22.7 Å². The second-order valence-electron chi connectivity index (χ2n) is 11.3. The van der Waals surface area contributed by atoms with Crippen LogP contribution in [0.3, 0.4) is 0 Å². The Morgan fingerprint density at radius 1 is 1.13 bits per heavy atom. The first-order valence-corrected chi connectivity index (χ1v) is 15.3. The first-order chi connectivity index (χ1) is 22.3. The number of carboxylic acid groups (broad SMARTS) is 1. The number of rotatable bonds is 7. The Hall–Kier alpha value is -4.35. The number of fused-ring (bicyclic) bond motifs is 2. The Kier molecular flexibility index (Phi) is 8.80. The summed E-state index contributed by atoms with van der Waals surface area (Å²) < 4.78 is 41.6. The van der Waals surface area contributed by atoms with Gasteiger partial charge in [-0.3, -0.25) is 18.7 Å². The van der Waals surface area contributed by atoms with E-state index < -0.39 is 35.8 Å². The van der Waals surface area contributed by atoms with Gasteiger partial charge in [0.05, 0.1) is 16.9 Å². The zero-order chi connectivity index (χ0) is 33.6. The largest absolute Gasteiger partial charge is 0.490 e. The van der Waals surface area contributed by atoms with Crippen LogP contribution in [0.1, 0.15) is 31.2 Å². The Labute approximate surface area is 272 Å². The molecule has 1 aliphatic carbocycles. The highest BCUT2D eigenvalue weighted by molar-refractivity contribution is 6.36. The fourth-order valence-electron chi connectivity index (χ4n) is 5.90. The molecule has 0 bridgehead atoms. The summed E-state index contributed by atoms with van der Waals surface area (Å²) in [4.78, 5) is 61.1. The average Bonchev–Trinajstić information content (AvgIpc) is 3.36. The Balaban J connectivity index is 0.000000499. The van der Waals surface area contributed by atoms with Gasteiger partial charge in [-0.2, -0.15) is 18.2 Å². The number of nitrogens with zero attached hydrogens (tertiary/aromatic N) is 6. The number of imidazole rings is 1. The molecule has 1 saturated carbocycles. The summed E-state index contributed by atoms with van der Waals surface area (Å²) in [6.07, 6.45) is 0.532. The number of carbonyl (C=O) groups is 2. The maximum atomic E-state index is 14.0. The lowest BCUT2D eigenvalue weighted by Gasteiger charge is -2.25. The Morgan fingerprint density at radius 2 is 1.87 bits per heavy atom. The molecular weight excluding hydrogens is 672 g/mol. The molecule has 2 unspecified atom stereocenters. The summed E-state index contributed by atoms with van der Waals surface area (Å²) in [5.41, 5.74) is -0.263. The molecule has 0 radical (unpaired) electrons. The summed E-state index contributed by atoms with van der Waals surface area (Å²) >= 11 is 12.2. The van der Waals surface area contributed by atoms with Crippen molar-refractivity contribution >= 4 is 57.9 Å². The van der Waals surface area contributed by atoms with Gasteiger partial charge < -0.3 is 25.1 Å². The number of hydrogen-bond donors (Lipinski definition) is 3. The van der Waals surface area contributed by atoms with E-state index in [0.29, 0.717) is 34.1 Å². The van der Waals surface area contributed by atoms with Crippen LogP contribution in [0.4, 0.5) is 24.8 Å². The number of carboxylic acids is 1. The van der Waals surface area contributed by atoms with E-state index in [4.69, 9.17) is 42.5 Å². The third-order valence-corrected chi connectivity index (χ3v) is 8.73. The third-order valence-electron chi connectivity index (χ3n) is 8.18. The predicted octanol–water partition coefficient (Wildman–Crippen LogP) is 3.11. The minimum atomic E-state index is -5.08. The SMILES string of the molecule is O=C(Cn1c(=O)c2c(nc(N3CCC4CNCC43)n2Cc2ncco2)n(C2CC2)c1=O)Nc1ccc(Cl)cc1Cl.O=C(O)C(F)(F)F.